The van der Waals surface area contributed by atoms with E-state index in [4.69, 9.17) is 4.74 Å². The molecule has 0 spiro atoms. The maximum Gasteiger partial charge on any atom is 0.240 e. The van der Waals surface area contributed by atoms with E-state index in [1.54, 1.807) is 12.1 Å². The summed E-state index contributed by atoms with van der Waals surface area (Å²) in [5.41, 5.74) is 0. The van der Waals surface area contributed by atoms with Crippen LogP contribution in [0.15, 0.2) is 27.6 Å². The number of rotatable bonds is 5. The molecule has 16 heavy (non-hydrogen) atoms. The normalized spacial score (nSPS) is 11.4. The van der Waals surface area contributed by atoms with Crippen molar-refractivity contribution in [3.63, 3.8) is 0 Å². The molecule has 0 fully saturated rings. The smallest absolute Gasteiger partial charge is 0.240 e. The van der Waals surface area contributed by atoms with Crippen molar-refractivity contribution in [1.82, 2.24) is 4.72 Å². The zero-order chi connectivity index (χ0) is 12.2. The van der Waals surface area contributed by atoms with Gasteiger partial charge in [0.1, 0.15) is 5.75 Å². The molecule has 1 aromatic rings. The van der Waals surface area contributed by atoms with Crippen molar-refractivity contribution in [2.45, 2.75) is 18.2 Å². The first kappa shape index (κ1) is 13.5. The van der Waals surface area contributed by atoms with E-state index in [9.17, 15) is 8.42 Å². The molecule has 90 valence electrons. The fourth-order valence-corrected chi connectivity index (χ4v) is 2.95. The van der Waals surface area contributed by atoms with Gasteiger partial charge in [-0.3, -0.25) is 0 Å². The lowest BCUT2D eigenvalue weighted by Gasteiger charge is -2.08. The predicted molar refractivity (Wildman–Crippen MR) is 66.2 cm³/mol. The summed E-state index contributed by atoms with van der Waals surface area (Å²) in [6.45, 7) is 2.33. The Hall–Kier alpha value is -0.590. The fraction of sp³-hybridized carbons (Fsp3) is 0.400. The summed E-state index contributed by atoms with van der Waals surface area (Å²) >= 11 is 3.24. The lowest BCUT2D eigenvalue weighted by molar-refractivity contribution is 0.413. The number of benzene rings is 1. The Morgan fingerprint density at radius 2 is 2.06 bits per heavy atom. The minimum Gasteiger partial charge on any atom is -0.497 e. The molecule has 0 bridgehead atoms. The molecule has 1 rings (SSSR count). The van der Waals surface area contributed by atoms with Crippen LogP contribution in [0.25, 0.3) is 0 Å². The first-order valence-electron chi connectivity index (χ1n) is 4.84. The molecule has 0 amide bonds. The number of ether oxygens (including phenoxy) is 1. The summed E-state index contributed by atoms with van der Waals surface area (Å²) in [6.07, 6.45) is 0.754. The Bertz CT molecular complexity index is 459. The second kappa shape index (κ2) is 5.65. The van der Waals surface area contributed by atoms with Gasteiger partial charge < -0.3 is 4.74 Å². The van der Waals surface area contributed by atoms with Gasteiger partial charge in [-0.2, -0.15) is 0 Å². The van der Waals surface area contributed by atoms with Crippen molar-refractivity contribution in [2.75, 3.05) is 13.7 Å². The molecule has 0 heterocycles. The van der Waals surface area contributed by atoms with E-state index in [2.05, 4.69) is 20.7 Å². The van der Waals surface area contributed by atoms with E-state index in [0.717, 1.165) is 6.42 Å². The Morgan fingerprint density at radius 3 is 2.62 bits per heavy atom. The average molecular weight is 308 g/mol. The molecular weight excluding hydrogens is 294 g/mol. The van der Waals surface area contributed by atoms with Gasteiger partial charge in [-0.1, -0.05) is 22.9 Å². The Morgan fingerprint density at radius 1 is 1.38 bits per heavy atom. The van der Waals surface area contributed by atoms with Crippen LogP contribution in [0.2, 0.25) is 0 Å². The number of sulfonamides is 1. The Balaban J connectivity index is 3.07. The molecule has 1 aromatic carbocycles. The molecule has 0 aromatic heterocycles. The molecule has 0 unspecified atom stereocenters. The van der Waals surface area contributed by atoms with Crippen molar-refractivity contribution in [3.8, 4) is 5.75 Å². The highest BCUT2D eigenvalue weighted by Crippen LogP contribution is 2.23. The van der Waals surface area contributed by atoms with Gasteiger partial charge in [-0.25, -0.2) is 13.1 Å². The molecule has 4 nitrogen and oxygen atoms in total. The average Bonchev–Trinajstić information content (AvgIpc) is 2.25. The predicted octanol–water partition coefficient (Wildman–Crippen LogP) is 2.15. The number of nitrogens with one attached hydrogen (secondary N) is 1. The van der Waals surface area contributed by atoms with E-state index in [1.807, 2.05) is 6.92 Å². The molecule has 0 atom stereocenters. The minimum atomic E-state index is -3.44. The van der Waals surface area contributed by atoms with E-state index < -0.39 is 10.0 Å². The maximum absolute atomic E-state index is 11.8. The van der Waals surface area contributed by atoms with E-state index >= 15 is 0 Å². The van der Waals surface area contributed by atoms with E-state index in [-0.39, 0.29) is 4.90 Å². The van der Waals surface area contributed by atoms with Gasteiger partial charge >= 0.3 is 0 Å². The van der Waals surface area contributed by atoms with Crippen LogP contribution in [0.5, 0.6) is 5.75 Å². The zero-order valence-corrected chi connectivity index (χ0v) is 11.6. The molecule has 0 radical (unpaired) electrons. The summed E-state index contributed by atoms with van der Waals surface area (Å²) in [5, 5.41) is 0. The fourth-order valence-electron chi connectivity index (χ4n) is 1.13. The van der Waals surface area contributed by atoms with Crippen LogP contribution in [-0.4, -0.2) is 22.1 Å². The highest BCUT2D eigenvalue weighted by Gasteiger charge is 2.14. The first-order chi connectivity index (χ1) is 7.49. The second-order valence-electron chi connectivity index (χ2n) is 3.22. The van der Waals surface area contributed by atoms with Crippen LogP contribution in [0.4, 0.5) is 0 Å². The highest BCUT2D eigenvalue weighted by atomic mass is 79.9. The zero-order valence-electron chi connectivity index (χ0n) is 9.16. The van der Waals surface area contributed by atoms with Gasteiger partial charge in [0, 0.05) is 17.1 Å². The number of methoxy groups -OCH3 is 1. The van der Waals surface area contributed by atoms with Crippen LogP contribution in [0.3, 0.4) is 0 Å². The van der Waals surface area contributed by atoms with Gasteiger partial charge in [-0.05, 0) is 18.6 Å². The summed E-state index contributed by atoms with van der Waals surface area (Å²) in [6, 6.07) is 4.74. The largest absolute Gasteiger partial charge is 0.497 e. The van der Waals surface area contributed by atoms with Crippen LogP contribution < -0.4 is 9.46 Å². The van der Waals surface area contributed by atoms with Crippen LogP contribution in [0, 0.1) is 0 Å². The third kappa shape index (κ3) is 3.47. The third-order valence-corrected chi connectivity index (χ3v) is 3.83. The molecular formula is C10H14BrNO3S. The molecule has 0 aliphatic rings. The minimum absolute atomic E-state index is 0.201. The Kier molecular flexibility index (Phi) is 4.76. The van der Waals surface area contributed by atoms with Crippen molar-refractivity contribution in [3.05, 3.63) is 22.7 Å². The Labute approximate surface area is 104 Å². The molecule has 0 saturated heterocycles. The van der Waals surface area contributed by atoms with E-state index in [1.165, 1.54) is 13.2 Å². The number of hydrogen-bond donors (Lipinski definition) is 1. The van der Waals surface area contributed by atoms with Gasteiger partial charge in [0.25, 0.3) is 0 Å². The lowest BCUT2D eigenvalue weighted by Crippen LogP contribution is -2.24. The van der Waals surface area contributed by atoms with Crippen molar-refractivity contribution >= 4 is 26.0 Å². The van der Waals surface area contributed by atoms with E-state index in [0.29, 0.717) is 16.8 Å². The standard InChI is InChI=1S/C10H14BrNO3S/c1-3-4-12-16(13,14)10-6-8(11)5-9(7-10)15-2/h5-7,12H,3-4H2,1-2H3. The van der Waals surface area contributed by atoms with Crippen LogP contribution in [-0.2, 0) is 10.0 Å². The third-order valence-electron chi connectivity index (χ3n) is 1.93. The first-order valence-corrected chi connectivity index (χ1v) is 7.11. The summed E-state index contributed by atoms with van der Waals surface area (Å²) < 4.78 is 31.8. The SMILES string of the molecule is CCCNS(=O)(=O)c1cc(Br)cc(OC)c1. The van der Waals surface area contributed by atoms with Crippen LogP contribution in [0.1, 0.15) is 13.3 Å². The molecule has 0 aliphatic carbocycles. The number of halogens is 1. The van der Waals surface area contributed by atoms with Gasteiger partial charge in [0.05, 0.1) is 12.0 Å². The summed E-state index contributed by atoms with van der Waals surface area (Å²) in [4.78, 5) is 0.201. The molecule has 6 heteroatoms. The van der Waals surface area contributed by atoms with Gasteiger partial charge in [0.2, 0.25) is 10.0 Å². The monoisotopic (exact) mass is 307 g/mol. The summed E-state index contributed by atoms with van der Waals surface area (Å²) in [7, 11) is -1.94. The maximum atomic E-state index is 11.8. The topological polar surface area (TPSA) is 55.4 Å². The number of hydrogen-bond acceptors (Lipinski definition) is 3. The summed E-state index contributed by atoms with van der Waals surface area (Å²) in [5.74, 6) is 0.506. The second-order valence-corrected chi connectivity index (χ2v) is 5.91. The van der Waals surface area contributed by atoms with Gasteiger partial charge in [-0.15, -0.1) is 0 Å². The highest BCUT2D eigenvalue weighted by molar-refractivity contribution is 9.10. The van der Waals surface area contributed by atoms with Gasteiger partial charge in [0.15, 0.2) is 0 Å². The van der Waals surface area contributed by atoms with Crippen molar-refractivity contribution < 1.29 is 13.2 Å². The van der Waals surface area contributed by atoms with Crippen molar-refractivity contribution in [2.24, 2.45) is 0 Å². The van der Waals surface area contributed by atoms with Crippen molar-refractivity contribution in [1.29, 1.82) is 0 Å². The van der Waals surface area contributed by atoms with Crippen LogP contribution >= 0.6 is 15.9 Å². The molecule has 0 saturated carbocycles. The quantitative estimate of drug-likeness (QED) is 0.907. The molecule has 0 aliphatic heterocycles. The lowest BCUT2D eigenvalue weighted by atomic mass is 10.3. The molecule has 1 N–H and O–H groups in total.